The number of ether oxygens (including phenoxy) is 3. The van der Waals surface area contributed by atoms with E-state index in [4.69, 9.17) is 25.8 Å². The Morgan fingerprint density at radius 3 is 2.55 bits per heavy atom. The summed E-state index contributed by atoms with van der Waals surface area (Å²) in [5.74, 6) is -0.895. The maximum atomic E-state index is 16.1. The molecule has 6 fully saturated rings. The zero-order chi connectivity index (χ0) is 38.5. The first kappa shape index (κ1) is 38.2. The molecule has 8 heterocycles. The molecular formula is C38H43ClF5N7O4. The number of pyridine rings is 1. The average molecular weight is 792 g/mol. The van der Waals surface area contributed by atoms with Gasteiger partial charge in [-0.15, -0.1) is 0 Å². The van der Waals surface area contributed by atoms with E-state index < -0.39 is 45.5 Å². The number of methoxy groups -OCH3 is 1. The van der Waals surface area contributed by atoms with Gasteiger partial charge in [0.1, 0.15) is 28.7 Å². The van der Waals surface area contributed by atoms with Crippen LogP contribution in [0.25, 0.3) is 22.2 Å². The van der Waals surface area contributed by atoms with Crippen LogP contribution < -0.4 is 9.64 Å². The molecule has 3 aromatic rings. The molecule has 0 radical (unpaired) electrons. The fourth-order valence-corrected chi connectivity index (χ4v) is 9.32. The number of rotatable bonds is 6. The number of fused-ring (bicyclic) bond motifs is 4. The van der Waals surface area contributed by atoms with E-state index >= 15 is 4.39 Å². The third-order valence-corrected chi connectivity index (χ3v) is 12.1. The first-order valence-corrected chi connectivity index (χ1v) is 19.1. The molecule has 296 valence electrons. The van der Waals surface area contributed by atoms with Crippen molar-refractivity contribution in [2.75, 3.05) is 77.7 Å². The highest BCUT2D eigenvalue weighted by Gasteiger charge is 2.50. The first-order valence-electron chi connectivity index (χ1n) is 18.7. The molecule has 2 aromatic heterocycles. The number of alkyl halides is 4. The van der Waals surface area contributed by atoms with Crippen LogP contribution >= 0.6 is 11.6 Å². The van der Waals surface area contributed by atoms with E-state index in [9.17, 15) is 22.4 Å². The number of nitrogens with zero attached hydrogens (tertiary/aromatic N) is 7. The molecule has 9 rings (SSSR count). The van der Waals surface area contributed by atoms with E-state index in [1.807, 2.05) is 15.9 Å². The maximum absolute atomic E-state index is 16.1. The zero-order valence-electron chi connectivity index (χ0n) is 30.4. The van der Waals surface area contributed by atoms with Crippen molar-refractivity contribution < 1.29 is 41.0 Å². The summed E-state index contributed by atoms with van der Waals surface area (Å²) in [7, 11) is 1.32. The smallest absolute Gasteiger partial charge is 0.418 e. The van der Waals surface area contributed by atoms with Crippen molar-refractivity contribution in [3.8, 4) is 17.3 Å². The highest BCUT2D eigenvalue weighted by Crippen LogP contribution is 2.43. The molecule has 4 atom stereocenters. The minimum atomic E-state index is -4.85. The number of carbonyl (C=O) groups excluding carboxylic acids is 1. The number of halogens is 6. The summed E-state index contributed by atoms with van der Waals surface area (Å²) in [6.07, 6.45) is 4.97. The SMILES string of the molecule is COc1nc(N2CCN(C(=O)/C=C/CN3[C@@H]4CC[C@H]3COC4)C3(COC3)C2)c2cnc(-c3cccc(Cl)c3C(F)(F)F)c(F)c2n1.FC1CC2CCCN2C1. The lowest BCUT2D eigenvalue weighted by atomic mass is 9.91. The van der Waals surface area contributed by atoms with Crippen LogP contribution in [0.3, 0.4) is 0 Å². The lowest BCUT2D eigenvalue weighted by molar-refractivity contribution is -0.164. The molecule has 6 saturated heterocycles. The van der Waals surface area contributed by atoms with Crippen LogP contribution in [0.2, 0.25) is 5.02 Å². The van der Waals surface area contributed by atoms with Gasteiger partial charge in [0, 0.05) is 68.7 Å². The Bertz CT molecular complexity index is 1920. The van der Waals surface area contributed by atoms with Gasteiger partial charge in [0.05, 0.1) is 49.5 Å². The van der Waals surface area contributed by atoms with Crippen molar-refractivity contribution in [3.05, 3.63) is 53.0 Å². The third kappa shape index (κ3) is 7.36. The number of carbonyl (C=O) groups is 1. The van der Waals surface area contributed by atoms with E-state index in [1.165, 1.54) is 32.2 Å². The Morgan fingerprint density at radius 1 is 1.07 bits per heavy atom. The number of hydrogen-bond acceptors (Lipinski definition) is 10. The van der Waals surface area contributed by atoms with Gasteiger partial charge in [-0.25, -0.2) is 8.78 Å². The third-order valence-electron chi connectivity index (χ3n) is 11.8. The van der Waals surface area contributed by atoms with E-state index in [0.717, 1.165) is 51.2 Å². The molecular weight excluding hydrogens is 749 g/mol. The van der Waals surface area contributed by atoms with Crippen molar-refractivity contribution in [1.29, 1.82) is 0 Å². The lowest BCUT2D eigenvalue weighted by Crippen LogP contribution is -2.72. The van der Waals surface area contributed by atoms with Gasteiger partial charge < -0.3 is 24.0 Å². The minimum absolute atomic E-state index is 0.118. The Kier molecular flexibility index (Phi) is 10.6. The van der Waals surface area contributed by atoms with Crippen molar-refractivity contribution >= 4 is 34.2 Å². The highest BCUT2D eigenvalue weighted by atomic mass is 35.5. The summed E-state index contributed by atoms with van der Waals surface area (Å²) in [6, 6.07) is 4.72. The number of aromatic nitrogens is 3. The predicted molar refractivity (Wildman–Crippen MR) is 194 cm³/mol. The Hall–Kier alpha value is -3.70. The summed E-state index contributed by atoms with van der Waals surface area (Å²) in [4.78, 5) is 34.6. The standard InChI is InChI=1S/C31H31ClF4N6O4.C7H12FN/c1-44-29-38-27-21(12-37-26(25(27)33)20-4-2-5-22(32)24(20)31(34,35)36)28(39-29)40-10-11-42(30(15-40)16-46-17-30)23(43)6-3-9-41-18-7-8-19(41)14-45-13-18;8-6-4-7-2-1-3-9(7)5-6/h2-6,12,18-19H,7-11,13-17H2,1H3;6-7H,1-5H2/b6-3+;/t18-,19+;. The number of piperazine rings is 1. The van der Waals surface area contributed by atoms with E-state index in [2.05, 4.69) is 24.8 Å². The number of amides is 1. The van der Waals surface area contributed by atoms with Crippen LogP contribution in [-0.4, -0.2) is 138 Å². The van der Waals surface area contributed by atoms with Gasteiger partial charge in [-0.3, -0.25) is 19.6 Å². The molecule has 0 saturated carbocycles. The summed E-state index contributed by atoms with van der Waals surface area (Å²) in [5.41, 5.74) is -3.15. The van der Waals surface area contributed by atoms with Crippen LogP contribution in [0.5, 0.6) is 6.01 Å². The van der Waals surface area contributed by atoms with Gasteiger partial charge in [-0.2, -0.15) is 23.1 Å². The number of anilines is 1. The molecule has 0 N–H and O–H groups in total. The number of benzene rings is 1. The van der Waals surface area contributed by atoms with Crippen LogP contribution in [0, 0.1) is 5.82 Å². The van der Waals surface area contributed by atoms with Gasteiger partial charge in [0.2, 0.25) is 5.91 Å². The normalized spacial score (nSPS) is 26.4. The average Bonchev–Trinajstić information content (AvgIpc) is 3.79. The largest absolute Gasteiger partial charge is 0.467 e. The second-order valence-electron chi connectivity index (χ2n) is 15.2. The van der Waals surface area contributed by atoms with E-state index in [-0.39, 0.29) is 22.8 Å². The van der Waals surface area contributed by atoms with Crippen molar-refractivity contribution in [2.45, 2.75) is 68.1 Å². The molecule has 2 bridgehead atoms. The summed E-state index contributed by atoms with van der Waals surface area (Å²) in [6.45, 7) is 5.61. The summed E-state index contributed by atoms with van der Waals surface area (Å²) in [5, 5.41) is -0.386. The Morgan fingerprint density at radius 2 is 1.85 bits per heavy atom. The van der Waals surface area contributed by atoms with E-state index in [1.54, 1.807) is 6.08 Å². The van der Waals surface area contributed by atoms with Crippen LogP contribution in [0.15, 0.2) is 36.5 Å². The fraction of sp³-hybridized carbons (Fsp3) is 0.579. The Labute approximate surface area is 320 Å². The van der Waals surface area contributed by atoms with Gasteiger partial charge in [0.15, 0.2) is 5.82 Å². The number of morpholine rings is 1. The highest BCUT2D eigenvalue weighted by molar-refractivity contribution is 6.31. The molecule has 17 heteroatoms. The van der Waals surface area contributed by atoms with Crippen molar-refractivity contribution in [2.24, 2.45) is 0 Å². The molecule has 11 nitrogen and oxygen atoms in total. The lowest BCUT2D eigenvalue weighted by Gasteiger charge is -2.55. The fourth-order valence-electron chi connectivity index (χ4n) is 9.04. The summed E-state index contributed by atoms with van der Waals surface area (Å²) < 4.78 is 87.0. The molecule has 2 unspecified atom stereocenters. The molecule has 1 amide bonds. The first-order chi connectivity index (χ1) is 26.5. The van der Waals surface area contributed by atoms with Crippen LogP contribution in [0.4, 0.5) is 27.8 Å². The molecule has 6 aliphatic rings. The molecule has 55 heavy (non-hydrogen) atoms. The zero-order valence-corrected chi connectivity index (χ0v) is 31.2. The monoisotopic (exact) mass is 791 g/mol. The molecule has 1 aromatic carbocycles. The second kappa shape index (κ2) is 15.3. The van der Waals surface area contributed by atoms with Gasteiger partial charge in [-0.05, 0) is 44.7 Å². The quantitative estimate of drug-likeness (QED) is 0.234. The summed E-state index contributed by atoms with van der Waals surface area (Å²) >= 11 is 5.89. The Balaban J connectivity index is 0.000000413. The van der Waals surface area contributed by atoms with Crippen LogP contribution in [0.1, 0.15) is 37.7 Å². The minimum Gasteiger partial charge on any atom is -0.467 e. The van der Waals surface area contributed by atoms with E-state index in [0.29, 0.717) is 69.9 Å². The number of hydrogen-bond donors (Lipinski definition) is 0. The van der Waals surface area contributed by atoms with Crippen LogP contribution in [-0.2, 0) is 20.4 Å². The predicted octanol–water partition coefficient (Wildman–Crippen LogP) is 5.54. The van der Waals surface area contributed by atoms with Crippen molar-refractivity contribution in [3.63, 3.8) is 0 Å². The molecule has 0 aliphatic carbocycles. The van der Waals surface area contributed by atoms with Gasteiger partial charge >= 0.3 is 12.2 Å². The van der Waals surface area contributed by atoms with Crippen molar-refractivity contribution in [1.82, 2.24) is 29.7 Å². The topological polar surface area (TPSA) is 96.4 Å². The van der Waals surface area contributed by atoms with Gasteiger partial charge in [0.25, 0.3) is 0 Å². The van der Waals surface area contributed by atoms with Gasteiger partial charge in [-0.1, -0.05) is 29.8 Å². The molecule has 1 spiro atoms. The maximum Gasteiger partial charge on any atom is 0.418 e. The second-order valence-corrected chi connectivity index (χ2v) is 15.6. The molecule has 6 aliphatic heterocycles.